The van der Waals surface area contributed by atoms with Crippen molar-refractivity contribution in [2.75, 3.05) is 7.05 Å². The summed E-state index contributed by atoms with van der Waals surface area (Å²) in [6.45, 7) is 0.645. The van der Waals surface area contributed by atoms with E-state index in [1.165, 1.54) is 38.2 Å². The normalized spacial score (nSPS) is 32.3. The maximum Gasteiger partial charge on any atom is 0.281 e. The number of benzene rings is 1. The van der Waals surface area contributed by atoms with Gasteiger partial charge in [0.15, 0.2) is 0 Å². The maximum atomic E-state index is 13.2. The number of piperidine rings is 1. The van der Waals surface area contributed by atoms with E-state index in [4.69, 9.17) is 0 Å². The van der Waals surface area contributed by atoms with Gasteiger partial charge >= 0.3 is 0 Å². The third kappa shape index (κ3) is 2.10. The molecule has 2 unspecified atom stereocenters. The average Bonchev–Trinajstić information content (AvgIpc) is 2.60. The number of nitrogens with zero attached hydrogens (tertiary/aromatic N) is 2. The highest BCUT2D eigenvalue weighted by molar-refractivity contribution is 5.40. The number of nitro benzene ring substituents is 1. The summed E-state index contributed by atoms with van der Waals surface area (Å²) in [7, 11) is 2.22. The van der Waals surface area contributed by atoms with Crippen molar-refractivity contribution in [2.24, 2.45) is 0 Å². The van der Waals surface area contributed by atoms with Gasteiger partial charge in [0.2, 0.25) is 0 Å². The number of hydrogen-bond donors (Lipinski definition) is 0. The molecule has 20 heavy (non-hydrogen) atoms. The Labute approximate surface area is 117 Å². The van der Waals surface area contributed by atoms with Crippen LogP contribution in [-0.4, -0.2) is 28.5 Å². The molecule has 2 atom stereocenters. The summed E-state index contributed by atoms with van der Waals surface area (Å²) in [4.78, 5) is 10.7. The van der Waals surface area contributed by atoms with Crippen molar-refractivity contribution in [1.82, 2.24) is 0 Å². The van der Waals surface area contributed by atoms with Crippen LogP contribution >= 0.6 is 0 Å². The second-order valence-electron chi connectivity index (χ2n) is 6.35. The van der Waals surface area contributed by atoms with Crippen LogP contribution < -0.4 is 0 Å². The average molecular weight is 279 g/mol. The van der Waals surface area contributed by atoms with Crippen molar-refractivity contribution in [2.45, 2.75) is 50.7 Å². The first kappa shape index (κ1) is 13.5. The lowest BCUT2D eigenvalue weighted by atomic mass is 9.98. The van der Waals surface area contributed by atoms with E-state index in [-0.39, 0.29) is 5.69 Å². The molecule has 4 nitrogen and oxygen atoms in total. The molecule has 2 saturated heterocycles. The van der Waals surface area contributed by atoms with Gasteiger partial charge in [-0.05, 0) is 31.4 Å². The van der Waals surface area contributed by atoms with Gasteiger partial charge in [-0.15, -0.1) is 0 Å². The lowest BCUT2D eigenvalue weighted by molar-refractivity contribution is -0.960. The molecule has 2 heterocycles. The first-order valence-electron chi connectivity index (χ1n) is 7.28. The molecule has 0 spiro atoms. The fraction of sp³-hybridized carbons (Fsp3) is 0.600. The Bertz CT molecular complexity index is 531. The van der Waals surface area contributed by atoms with Gasteiger partial charge in [0, 0.05) is 12.8 Å². The summed E-state index contributed by atoms with van der Waals surface area (Å²) in [6, 6.07) is 5.19. The molecule has 0 radical (unpaired) electrons. The first-order chi connectivity index (χ1) is 9.50. The van der Waals surface area contributed by atoms with Crippen LogP contribution in [0.15, 0.2) is 18.2 Å². The molecule has 0 N–H and O–H groups in total. The molecule has 2 aliphatic heterocycles. The van der Waals surface area contributed by atoms with Gasteiger partial charge < -0.3 is 4.48 Å². The smallest absolute Gasteiger partial charge is 0.281 e. The van der Waals surface area contributed by atoms with Crippen molar-refractivity contribution >= 4 is 5.69 Å². The molecular weight excluding hydrogens is 259 g/mol. The van der Waals surface area contributed by atoms with E-state index in [0.29, 0.717) is 24.2 Å². The van der Waals surface area contributed by atoms with Crippen LogP contribution in [-0.2, 0) is 6.54 Å². The molecule has 2 aliphatic rings. The van der Waals surface area contributed by atoms with Gasteiger partial charge in [0.25, 0.3) is 5.69 Å². The minimum absolute atomic E-state index is 0.0747. The van der Waals surface area contributed by atoms with E-state index < -0.39 is 10.7 Å². The van der Waals surface area contributed by atoms with Crippen LogP contribution in [0, 0.1) is 15.9 Å². The van der Waals surface area contributed by atoms with Crippen molar-refractivity contribution < 1.29 is 13.8 Å². The zero-order chi connectivity index (χ0) is 14.3. The number of nitro groups is 1. The highest BCUT2D eigenvalue weighted by Gasteiger charge is 2.48. The number of rotatable bonds is 3. The lowest BCUT2D eigenvalue weighted by Gasteiger charge is -2.44. The van der Waals surface area contributed by atoms with Gasteiger partial charge in [-0.1, -0.05) is 0 Å². The van der Waals surface area contributed by atoms with E-state index in [1.54, 1.807) is 6.07 Å². The fourth-order valence-corrected chi connectivity index (χ4v) is 4.21. The monoisotopic (exact) mass is 279 g/mol. The van der Waals surface area contributed by atoms with Crippen LogP contribution in [0.3, 0.4) is 0 Å². The summed E-state index contributed by atoms with van der Waals surface area (Å²) in [5, 5.41) is 11.1. The Hall–Kier alpha value is -1.49. The zero-order valence-electron chi connectivity index (χ0n) is 11.7. The van der Waals surface area contributed by atoms with Crippen molar-refractivity contribution in [1.29, 1.82) is 0 Å². The molecule has 1 aromatic carbocycles. The molecule has 1 aromatic rings. The topological polar surface area (TPSA) is 43.1 Å². The van der Waals surface area contributed by atoms with Crippen LogP contribution in [0.2, 0.25) is 0 Å². The van der Waals surface area contributed by atoms with Gasteiger partial charge in [-0.3, -0.25) is 10.1 Å². The first-order valence-corrected chi connectivity index (χ1v) is 7.28. The molecule has 2 bridgehead atoms. The lowest BCUT2D eigenvalue weighted by Crippen LogP contribution is -2.55. The van der Waals surface area contributed by atoms with Crippen LogP contribution in [0.5, 0.6) is 0 Å². The van der Waals surface area contributed by atoms with Crippen LogP contribution in [0.1, 0.15) is 37.7 Å². The predicted molar refractivity (Wildman–Crippen MR) is 73.6 cm³/mol. The van der Waals surface area contributed by atoms with E-state index >= 15 is 0 Å². The highest BCUT2D eigenvalue weighted by atomic mass is 19.1. The van der Waals surface area contributed by atoms with Crippen molar-refractivity contribution in [3.8, 4) is 0 Å². The number of fused-ring (bicyclic) bond motifs is 2. The molecule has 0 aliphatic carbocycles. The Kier molecular flexibility index (Phi) is 3.24. The number of quaternary nitrogens is 1. The summed E-state index contributed by atoms with van der Waals surface area (Å²) in [5.41, 5.74) is 0.590. The molecule has 0 amide bonds. The van der Waals surface area contributed by atoms with Crippen molar-refractivity contribution in [3.05, 3.63) is 39.7 Å². The summed E-state index contributed by atoms with van der Waals surface area (Å²) in [5.74, 6) is -0.537. The summed E-state index contributed by atoms with van der Waals surface area (Å²) >= 11 is 0. The second-order valence-corrected chi connectivity index (χ2v) is 6.35. The van der Waals surface area contributed by atoms with Crippen LogP contribution in [0.25, 0.3) is 0 Å². The molecule has 108 valence electrons. The van der Waals surface area contributed by atoms with Gasteiger partial charge in [0.05, 0.1) is 35.7 Å². The van der Waals surface area contributed by atoms with E-state index in [2.05, 4.69) is 7.05 Å². The van der Waals surface area contributed by atoms with Gasteiger partial charge in [0.1, 0.15) is 12.4 Å². The summed E-state index contributed by atoms with van der Waals surface area (Å²) < 4.78 is 14.1. The third-order valence-electron chi connectivity index (χ3n) is 5.33. The number of halogens is 1. The third-order valence-corrected chi connectivity index (χ3v) is 5.33. The van der Waals surface area contributed by atoms with Gasteiger partial charge in [-0.2, -0.15) is 0 Å². The second kappa shape index (κ2) is 4.81. The Balaban J connectivity index is 1.93. The van der Waals surface area contributed by atoms with Gasteiger partial charge in [-0.25, -0.2) is 4.39 Å². The van der Waals surface area contributed by atoms with Crippen LogP contribution in [0.4, 0.5) is 10.1 Å². The Morgan fingerprint density at radius 1 is 1.30 bits per heavy atom. The minimum atomic E-state index is -0.537. The molecule has 0 aromatic heterocycles. The SMILES string of the molecule is C[N+]1(Cc2ccc(F)cc2[N+](=O)[O-])C2CCCC1CC2. The summed E-state index contributed by atoms with van der Waals surface area (Å²) in [6.07, 6.45) is 6.13. The molecule has 5 heteroatoms. The quantitative estimate of drug-likeness (QED) is 0.483. The molecule has 2 fully saturated rings. The van der Waals surface area contributed by atoms with Crippen molar-refractivity contribution in [3.63, 3.8) is 0 Å². The molecule has 3 rings (SSSR count). The standard InChI is InChI=1S/C15H20FN2O2/c1-18(13-3-2-4-14(18)8-7-13)10-11-5-6-12(16)9-15(11)17(19)20/h5-6,9,13-14H,2-4,7-8,10H2,1H3/q+1. The Morgan fingerprint density at radius 2 is 1.95 bits per heavy atom. The zero-order valence-corrected chi connectivity index (χ0v) is 11.7. The van der Waals surface area contributed by atoms with E-state index in [0.717, 1.165) is 10.5 Å². The predicted octanol–water partition coefficient (Wildman–Crippen LogP) is 3.40. The van der Waals surface area contributed by atoms with E-state index in [1.807, 2.05) is 0 Å². The number of hydrogen-bond acceptors (Lipinski definition) is 2. The molecular formula is C15H20FN2O2+. The largest absolute Gasteiger partial charge is 0.317 e. The Morgan fingerprint density at radius 3 is 2.55 bits per heavy atom. The minimum Gasteiger partial charge on any atom is -0.317 e. The highest BCUT2D eigenvalue weighted by Crippen LogP contribution is 2.43. The maximum absolute atomic E-state index is 13.2. The molecule has 0 saturated carbocycles. The fourth-order valence-electron chi connectivity index (χ4n) is 4.21. The van der Waals surface area contributed by atoms with E-state index in [9.17, 15) is 14.5 Å².